The van der Waals surface area contributed by atoms with Gasteiger partial charge in [0.15, 0.2) is 11.8 Å². The van der Waals surface area contributed by atoms with E-state index in [1.807, 2.05) is 30.7 Å². The molecule has 1 saturated carbocycles. The van der Waals surface area contributed by atoms with Gasteiger partial charge in [-0.05, 0) is 31.9 Å². The highest BCUT2D eigenvalue weighted by atomic mass is 127. The third-order valence-corrected chi connectivity index (χ3v) is 4.52. The zero-order valence-electron chi connectivity index (χ0n) is 14.9. The lowest BCUT2D eigenvalue weighted by molar-refractivity contribution is 0.408. The second-order valence-electron chi connectivity index (χ2n) is 6.30. The highest BCUT2D eigenvalue weighted by Gasteiger charge is 2.15. The molecular formula is C17H27IN6O. The van der Waals surface area contributed by atoms with E-state index in [0.717, 1.165) is 23.4 Å². The van der Waals surface area contributed by atoms with Crippen LogP contribution in [-0.4, -0.2) is 26.8 Å². The predicted octanol–water partition coefficient (Wildman–Crippen LogP) is 2.90. The average Bonchev–Trinajstić information content (AvgIpc) is 3.23. The third-order valence-electron chi connectivity index (χ3n) is 4.52. The minimum Gasteiger partial charge on any atom is -0.467 e. The van der Waals surface area contributed by atoms with E-state index >= 15 is 0 Å². The molecule has 3 rings (SSSR count). The standard InChI is InChI=1S/C17H26N6O.HI/c1-13-21-22-16(23(13)2)12-19-17(18-11-15-9-6-10-24-15)20-14-7-4-3-5-8-14;/h6,9-10,14H,3-5,7-8,11-12H2,1-2H3,(H2,18,19,20);1H. The van der Waals surface area contributed by atoms with Crippen LogP contribution in [0.25, 0.3) is 0 Å². The lowest BCUT2D eigenvalue weighted by atomic mass is 9.96. The molecule has 25 heavy (non-hydrogen) atoms. The van der Waals surface area contributed by atoms with E-state index < -0.39 is 0 Å². The quantitative estimate of drug-likeness (QED) is 0.409. The van der Waals surface area contributed by atoms with Gasteiger partial charge in [0, 0.05) is 13.1 Å². The molecule has 0 amide bonds. The Balaban J connectivity index is 0.00000225. The van der Waals surface area contributed by atoms with Crippen molar-refractivity contribution in [1.29, 1.82) is 0 Å². The first-order chi connectivity index (χ1) is 11.7. The Labute approximate surface area is 165 Å². The molecule has 7 nitrogen and oxygen atoms in total. The van der Waals surface area contributed by atoms with E-state index in [2.05, 4.69) is 20.8 Å². The predicted molar refractivity (Wildman–Crippen MR) is 108 cm³/mol. The highest BCUT2D eigenvalue weighted by molar-refractivity contribution is 14.0. The smallest absolute Gasteiger partial charge is 0.192 e. The van der Waals surface area contributed by atoms with Gasteiger partial charge in [0.2, 0.25) is 0 Å². The maximum atomic E-state index is 5.39. The second kappa shape index (κ2) is 9.79. The minimum absolute atomic E-state index is 0. The Morgan fingerprint density at radius 3 is 2.76 bits per heavy atom. The van der Waals surface area contributed by atoms with Crippen molar-refractivity contribution < 1.29 is 4.42 Å². The van der Waals surface area contributed by atoms with Crippen LogP contribution in [-0.2, 0) is 20.1 Å². The Morgan fingerprint density at radius 1 is 1.32 bits per heavy atom. The molecule has 0 bridgehead atoms. The SMILES string of the molecule is Cc1nnc(CN=C(NCc2ccco2)NC2CCCCC2)n1C.I. The van der Waals surface area contributed by atoms with Gasteiger partial charge in [0.1, 0.15) is 18.1 Å². The summed E-state index contributed by atoms with van der Waals surface area (Å²) in [5.74, 6) is 3.45. The molecule has 0 radical (unpaired) electrons. The summed E-state index contributed by atoms with van der Waals surface area (Å²) in [6.07, 6.45) is 7.99. The number of hydrogen-bond donors (Lipinski definition) is 2. The Bertz CT molecular complexity index is 661. The van der Waals surface area contributed by atoms with Crippen molar-refractivity contribution in [3.63, 3.8) is 0 Å². The van der Waals surface area contributed by atoms with Crippen molar-refractivity contribution in [3.05, 3.63) is 35.8 Å². The third kappa shape index (κ3) is 5.72. The maximum Gasteiger partial charge on any atom is 0.192 e. The number of nitrogens with one attached hydrogen (secondary N) is 2. The molecule has 1 fully saturated rings. The van der Waals surface area contributed by atoms with Gasteiger partial charge < -0.3 is 19.6 Å². The fourth-order valence-electron chi connectivity index (χ4n) is 2.92. The van der Waals surface area contributed by atoms with E-state index in [1.165, 1.54) is 32.1 Å². The number of aromatic nitrogens is 3. The summed E-state index contributed by atoms with van der Waals surface area (Å²) < 4.78 is 7.35. The fraction of sp³-hybridized carbons (Fsp3) is 0.588. The molecule has 0 aromatic carbocycles. The van der Waals surface area contributed by atoms with Crippen molar-refractivity contribution in [2.75, 3.05) is 0 Å². The van der Waals surface area contributed by atoms with Gasteiger partial charge in [-0.3, -0.25) is 0 Å². The summed E-state index contributed by atoms with van der Waals surface area (Å²) in [5, 5.41) is 15.2. The lowest BCUT2D eigenvalue weighted by Crippen LogP contribution is -2.44. The van der Waals surface area contributed by atoms with Crippen molar-refractivity contribution in [2.24, 2.45) is 12.0 Å². The first-order valence-electron chi connectivity index (χ1n) is 8.64. The molecule has 0 aliphatic heterocycles. The first-order valence-corrected chi connectivity index (χ1v) is 8.64. The average molecular weight is 458 g/mol. The molecular weight excluding hydrogens is 431 g/mol. The second-order valence-corrected chi connectivity index (χ2v) is 6.30. The summed E-state index contributed by atoms with van der Waals surface area (Å²) in [4.78, 5) is 4.69. The van der Waals surface area contributed by atoms with Crippen LogP contribution in [0.15, 0.2) is 27.8 Å². The van der Waals surface area contributed by atoms with Crippen molar-refractivity contribution in [1.82, 2.24) is 25.4 Å². The molecule has 2 N–H and O–H groups in total. The minimum atomic E-state index is 0. The van der Waals surface area contributed by atoms with Crippen LogP contribution in [0.3, 0.4) is 0 Å². The summed E-state index contributed by atoms with van der Waals surface area (Å²) in [7, 11) is 1.96. The Kier molecular flexibility index (Phi) is 7.73. The summed E-state index contributed by atoms with van der Waals surface area (Å²) in [5.41, 5.74) is 0. The van der Waals surface area contributed by atoms with Gasteiger partial charge >= 0.3 is 0 Å². The molecule has 8 heteroatoms. The van der Waals surface area contributed by atoms with Crippen LogP contribution >= 0.6 is 24.0 Å². The lowest BCUT2D eigenvalue weighted by Gasteiger charge is -2.25. The largest absolute Gasteiger partial charge is 0.467 e. The molecule has 0 unspecified atom stereocenters. The van der Waals surface area contributed by atoms with Gasteiger partial charge in [-0.15, -0.1) is 34.2 Å². The molecule has 2 aromatic rings. The summed E-state index contributed by atoms with van der Waals surface area (Å²) >= 11 is 0. The van der Waals surface area contributed by atoms with Crippen LogP contribution in [0.5, 0.6) is 0 Å². The molecule has 1 aliphatic carbocycles. The van der Waals surface area contributed by atoms with Crippen molar-refractivity contribution >= 4 is 29.9 Å². The highest BCUT2D eigenvalue weighted by Crippen LogP contribution is 2.17. The number of halogens is 1. The van der Waals surface area contributed by atoms with Gasteiger partial charge in [-0.2, -0.15) is 0 Å². The van der Waals surface area contributed by atoms with Crippen LogP contribution in [0, 0.1) is 6.92 Å². The molecule has 2 heterocycles. The van der Waals surface area contributed by atoms with E-state index in [0.29, 0.717) is 19.1 Å². The van der Waals surface area contributed by atoms with E-state index in [4.69, 9.17) is 9.41 Å². The molecule has 0 spiro atoms. The number of hydrogen-bond acceptors (Lipinski definition) is 4. The van der Waals surface area contributed by atoms with E-state index in [9.17, 15) is 0 Å². The fourth-order valence-corrected chi connectivity index (χ4v) is 2.92. The zero-order valence-corrected chi connectivity index (χ0v) is 17.2. The monoisotopic (exact) mass is 458 g/mol. The number of aliphatic imine (C=N–C) groups is 1. The van der Waals surface area contributed by atoms with Crippen LogP contribution < -0.4 is 10.6 Å². The molecule has 0 saturated heterocycles. The molecule has 2 aromatic heterocycles. The Morgan fingerprint density at radius 2 is 2.12 bits per heavy atom. The Hall–Kier alpha value is -1.58. The molecule has 1 aliphatic rings. The number of guanidine groups is 1. The maximum absolute atomic E-state index is 5.39. The normalized spacial score (nSPS) is 15.7. The van der Waals surface area contributed by atoms with Crippen molar-refractivity contribution in [2.45, 2.75) is 58.2 Å². The molecule has 138 valence electrons. The first kappa shape index (κ1) is 19.7. The van der Waals surface area contributed by atoms with E-state index in [1.54, 1.807) is 6.26 Å². The summed E-state index contributed by atoms with van der Waals surface area (Å²) in [6, 6.07) is 4.34. The van der Waals surface area contributed by atoms with Gasteiger partial charge in [-0.25, -0.2) is 4.99 Å². The zero-order chi connectivity index (χ0) is 16.8. The van der Waals surface area contributed by atoms with Gasteiger partial charge in [-0.1, -0.05) is 19.3 Å². The van der Waals surface area contributed by atoms with Crippen LogP contribution in [0.1, 0.15) is 49.5 Å². The number of furan rings is 1. The van der Waals surface area contributed by atoms with Gasteiger partial charge in [0.25, 0.3) is 0 Å². The number of nitrogens with zero attached hydrogens (tertiary/aromatic N) is 4. The van der Waals surface area contributed by atoms with Crippen LogP contribution in [0.2, 0.25) is 0 Å². The number of rotatable bonds is 5. The molecule has 0 atom stereocenters. The number of aryl methyl sites for hydroxylation is 1. The van der Waals surface area contributed by atoms with Crippen molar-refractivity contribution in [3.8, 4) is 0 Å². The van der Waals surface area contributed by atoms with E-state index in [-0.39, 0.29) is 24.0 Å². The topological polar surface area (TPSA) is 80.3 Å². The summed E-state index contributed by atoms with van der Waals surface area (Å²) in [6.45, 7) is 3.05. The van der Waals surface area contributed by atoms with Crippen LogP contribution in [0.4, 0.5) is 0 Å². The van der Waals surface area contributed by atoms with Gasteiger partial charge in [0.05, 0.1) is 12.8 Å².